The summed E-state index contributed by atoms with van der Waals surface area (Å²) in [6, 6.07) is 10.2. The molecule has 1 saturated heterocycles. The number of likely N-dealkylation sites (tertiary alicyclic amines) is 1. The Balaban J connectivity index is 1.57. The summed E-state index contributed by atoms with van der Waals surface area (Å²) >= 11 is 0. The van der Waals surface area contributed by atoms with Crippen molar-refractivity contribution in [2.45, 2.75) is 52.1 Å². The predicted molar refractivity (Wildman–Crippen MR) is 94.1 cm³/mol. The predicted octanol–water partition coefficient (Wildman–Crippen LogP) is 2.98. The molecule has 1 saturated carbocycles. The van der Waals surface area contributed by atoms with Gasteiger partial charge in [-0.1, -0.05) is 57.0 Å². The third kappa shape index (κ3) is 3.63. The summed E-state index contributed by atoms with van der Waals surface area (Å²) in [5, 5.41) is 2.99. The summed E-state index contributed by atoms with van der Waals surface area (Å²) in [5.41, 5.74) is 1.08. The van der Waals surface area contributed by atoms with Crippen molar-refractivity contribution in [3.8, 4) is 0 Å². The van der Waals surface area contributed by atoms with E-state index in [0.29, 0.717) is 37.4 Å². The summed E-state index contributed by atoms with van der Waals surface area (Å²) < 4.78 is 0. The van der Waals surface area contributed by atoms with Crippen molar-refractivity contribution in [2.24, 2.45) is 17.8 Å². The van der Waals surface area contributed by atoms with Crippen LogP contribution in [0.1, 0.15) is 45.1 Å². The Morgan fingerprint density at radius 1 is 1.21 bits per heavy atom. The molecule has 2 fully saturated rings. The fourth-order valence-corrected chi connectivity index (χ4v) is 4.15. The van der Waals surface area contributed by atoms with Gasteiger partial charge in [-0.05, 0) is 23.8 Å². The third-order valence-electron chi connectivity index (χ3n) is 5.90. The second kappa shape index (κ2) is 7.37. The van der Waals surface area contributed by atoms with E-state index in [9.17, 15) is 9.59 Å². The molecule has 4 heteroatoms. The number of carbonyl (C=O) groups is 2. The first kappa shape index (κ1) is 17.0. The highest BCUT2D eigenvalue weighted by Crippen LogP contribution is 2.35. The highest BCUT2D eigenvalue weighted by molar-refractivity contribution is 5.89. The van der Waals surface area contributed by atoms with Gasteiger partial charge >= 0.3 is 0 Å². The average Bonchev–Trinajstić information content (AvgIpc) is 2.98. The zero-order chi connectivity index (χ0) is 17.1. The van der Waals surface area contributed by atoms with Crippen molar-refractivity contribution in [1.82, 2.24) is 10.2 Å². The van der Waals surface area contributed by atoms with Gasteiger partial charge in [0.05, 0.1) is 5.92 Å². The SMILES string of the molecule is C[C@H]1[C@H](N2C[C@H](C(=O)NCc3ccccc3)CC2=O)CCC[C@@H]1C. The quantitative estimate of drug-likeness (QED) is 0.924. The Morgan fingerprint density at radius 3 is 2.71 bits per heavy atom. The van der Waals surface area contributed by atoms with Crippen LogP contribution in [0.25, 0.3) is 0 Å². The summed E-state index contributed by atoms with van der Waals surface area (Å²) in [5.74, 6) is 1.13. The molecule has 4 atom stereocenters. The van der Waals surface area contributed by atoms with Gasteiger partial charge in [0.2, 0.25) is 11.8 Å². The van der Waals surface area contributed by atoms with Crippen molar-refractivity contribution in [3.05, 3.63) is 35.9 Å². The second-order valence-electron chi connectivity index (χ2n) is 7.49. The minimum Gasteiger partial charge on any atom is -0.352 e. The third-order valence-corrected chi connectivity index (χ3v) is 5.90. The Bertz CT molecular complexity index is 587. The van der Waals surface area contributed by atoms with Crippen LogP contribution >= 0.6 is 0 Å². The molecule has 1 N–H and O–H groups in total. The molecule has 24 heavy (non-hydrogen) atoms. The molecular weight excluding hydrogens is 300 g/mol. The van der Waals surface area contributed by atoms with Gasteiger partial charge in [0.15, 0.2) is 0 Å². The molecule has 1 aliphatic carbocycles. The van der Waals surface area contributed by atoms with Gasteiger partial charge in [-0.2, -0.15) is 0 Å². The topological polar surface area (TPSA) is 49.4 Å². The summed E-state index contributed by atoms with van der Waals surface area (Å²) in [4.78, 5) is 26.9. The van der Waals surface area contributed by atoms with Gasteiger partial charge in [0, 0.05) is 25.6 Å². The van der Waals surface area contributed by atoms with Crippen LogP contribution in [0.4, 0.5) is 0 Å². The van der Waals surface area contributed by atoms with Crippen LogP contribution in [0.15, 0.2) is 30.3 Å². The first-order valence-corrected chi connectivity index (χ1v) is 9.17. The molecule has 0 bridgehead atoms. The van der Waals surface area contributed by atoms with E-state index in [0.717, 1.165) is 12.0 Å². The molecule has 1 aromatic rings. The van der Waals surface area contributed by atoms with E-state index in [1.54, 1.807) is 0 Å². The van der Waals surface area contributed by atoms with Crippen molar-refractivity contribution in [2.75, 3.05) is 6.54 Å². The molecular formula is C20H28N2O2. The Hall–Kier alpha value is -1.84. The lowest BCUT2D eigenvalue weighted by Gasteiger charge is -2.40. The lowest BCUT2D eigenvalue weighted by molar-refractivity contribution is -0.132. The second-order valence-corrected chi connectivity index (χ2v) is 7.49. The molecule has 0 aromatic heterocycles. The molecule has 0 radical (unpaired) electrons. The van der Waals surface area contributed by atoms with E-state index < -0.39 is 0 Å². The monoisotopic (exact) mass is 328 g/mol. The van der Waals surface area contributed by atoms with Gasteiger partial charge in [0.1, 0.15) is 0 Å². The molecule has 1 heterocycles. The van der Waals surface area contributed by atoms with Crippen molar-refractivity contribution in [3.63, 3.8) is 0 Å². The molecule has 4 nitrogen and oxygen atoms in total. The van der Waals surface area contributed by atoms with E-state index >= 15 is 0 Å². The van der Waals surface area contributed by atoms with Crippen LogP contribution in [0.5, 0.6) is 0 Å². The van der Waals surface area contributed by atoms with Crippen molar-refractivity contribution in [1.29, 1.82) is 0 Å². The van der Waals surface area contributed by atoms with E-state index in [1.807, 2.05) is 35.2 Å². The number of hydrogen-bond acceptors (Lipinski definition) is 2. The largest absolute Gasteiger partial charge is 0.352 e. The first-order valence-electron chi connectivity index (χ1n) is 9.17. The smallest absolute Gasteiger partial charge is 0.225 e. The summed E-state index contributed by atoms with van der Waals surface area (Å²) in [6.45, 7) is 5.65. The fourth-order valence-electron chi connectivity index (χ4n) is 4.15. The molecule has 1 aromatic carbocycles. The van der Waals surface area contributed by atoms with E-state index in [1.165, 1.54) is 12.8 Å². The Morgan fingerprint density at radius 2 is 1.96 bits per heavy atom. The zero-order valence-corrected chi connectivity index (χ0v) is 14.7. The van der Waals surface area contributed by atoms with Crippen molar-refractivity contribution >= 4 is 11.8 Å². The normalized spacial score (nSPS) is 30.4. The van der Waals surface area contributed by atoms with Crippen LogP contribution in [0, 0.1) is 17.8 Å². The van der Waals surface area contributed by atoms with Gasteiger partial charge in [0.25, 0.3) is 0 Å². The molecule has 3 rings (SSSR count). The number of nitrogens with zero attached hydrogens (tertiary/aromatic N) is 1. The summed E-state index contributed by atoms with van der Waals surface area (Å²) in [6.07, 6.45) is 3.87. The molecule has 0 spiro atoms. The summed E-state index contributed by atoms with van der Waals surface area (Å²) in [7, 11) is 0. The number of rotatable bonds is 4. The maximum absolute atomic E-state index is 12.5. The van der Waals surface area contributed by atoms with Gasteiger partial charge in [-0.25, -0.2) is 0 Å². The lowest BCUT2D eigenvalue weighted by atomic mass is 9.77. The van der Waals surface area contributed by atoms with Gasteiger partial charge in [-0.3, -0.25) is 9.59 Å². The standard InChI is InChI=1S/C20H28N2O2/c1-14-7-6-10-18(15(14)2)22-13-17(11-19(22)23)20(24)21-12-16-8-4-3-5-9-16/h3-5,8-9,14-15,17-18H,6-7,10-13H2,1-2H3,(H,21,24)/t14-,15+,17+,18+/m0/s1. The first-order chi connectivity index (χ1) is 11.6. The van der Waals surface area contributed by atoms with Gasteiger partial charge in [-0.15, -0.1) is 0 Å². The van der Waals surface area contributed by atoms with Crippen LogP contribution < -0.4 is 5.32 Å². The number of carbonyl (C=O) groups excluding carboxylic acids is 2. The minimum absolute atomic E-state index is 0.00575. The lowest BCUT2D eigenvalue weighted by Crippen LogP contribution is -2.45. The average molecular weight is 328 g/mol. The molecule has 130 valence electrons. The fraction of sp³-hybridized carbons (Fsp3) is 0.600. The number of benzene rings is 1. The number of hydrogen-bond donors (Lipinski definition) is 1. The minimum atomic E-state index is -0.203. The molecule has 2 aliphatic rings. The Kier molecular flexibility index (Phi) is 5.22. The van der Waals surface area contributed by atoms with Crippen LogP contribution in [-0.4, -0.2) is 29.3 Å². The zero-order valence-electron chi connectivity index (χ0n) is 14.7. The van der Waals surface area contributed by atoms with Crippen LogP contribution in [-0.2, 0) is 16.1 Å². The number of nitrogens with one attached hydrogen (secondary N) is 1. The van der Waals surface area contributed by atoms with Gasteiger partial charge < -0.3 is 10.2 Å². The van der Waals surface area contributed by atoms with E-state index in [2.05, 4.69) is 19.2 Å². The van der Waals surface area contributed by atoms with E-state index in [-0.39, 0.29) is 17.7 Å². The maximum atomic E-state index is 12.5. The highest BCUT2D eigenvalue weighted by atomic mass is 16.2. The molecule has 2 amide bonds. The van der Waals surface area contributed by atoms with Crippen LogP contribution in [0.3, 0.4) is 0 Å². The van der Waals surface area contributed by atoms with E-state index in [4.69, 9.17) is 0 Å². The Labute approximate surface area is 144 Å². The highest BCUT2D eigenvalue weighted by Gasteiger charge is 2.41. The molecule has 1 aliphatic heterocycles. The maximum Gasteiger partial charge on any atom is 0.225 e. The van der Waals surface area contributed by atoms with Crippen LogP contribution in [0.2, 0.25) is 0 Å². The molecule has 0 unspecified atom stereocenters. The number of amides is 2. The van der Waals surface area contributed by atoms with Crippen molar-refractivity contribution < 1.29 is 9.59 Å².